The van der Waals surface area contributed by atoms with E-state index in [1.165, 1.54) is 17.0 Å². The summed E-state index contributed by atoms with van der Waals surface area (Å²) in [5, 5.41) is 2.83. The third-order valence-corrected chi connectivity index (χ3v) is 7.24. The van der Waals surface area contributed by atoms with Crippen molar-refractivity contribution in [2.24, 2.45) is 0 Å². The van der Waals surface area contributed by atoms with Crippen LogP contribution < -0.4 is 10.2 Å². The number of benzene rings is 3. The molecule has 0 radical (unpaired) electrons. The number of pyridine rings is 1. The Morgan fingerprint density at radius 1 is 0.971 bits per heavy atom. The van der Waals surface area contributed by atoms with Gasteiger partial charge in [0.25, 0.3) is 11.8 Å². The van der Waals surface area contributed by atoms with Crippen molar-refractivity contribution in [3.8, 4) is 0 Å². The molecule has 0 saturated heterocycles. The van der Waals surface area contributed by atoms with Gasteiger partial charge in [0.15, 0.2) is 0 Å². The van der Waals surface area contributed by atoms with E-state index in [9.17, 15) is 18.2 Å². The molecule has 0 saturated carbocycles. The second-order valence-corrected chi connectivity index (χ2v) is 9.39. The van der Waals surface area contributed by atoms with E-state index in [0.717, 1.165) is 5.56 Å². The summed E-state index contributed by atoms with van der Waals surface area (Å²) in [4.78, 5) is 32.7. The predicted molar refractivity (Wildman–Crippen MR) is 130 cm³/mol. The summed E-state index contributed by atoms with van der Waals surface area (Å²) in [6, 6.07) is 21.2. The smallest absolute Gasteiger partial charge is 0.259 e. The molecule has 5 rings (SSSR count). The summed E-state index contributed by atoms with van der Waals surface area (Å²) < 4.78 is 28.0. The van der Waals surface area contributed by atoms with E-state index < -0.39 is 22.5 Å². The molecule has 1 aliphatic rings. The lowest BCUT2D eigenvalue weighted by Gasteiger charge is -2.24. The molecule has 1 aliphatic heterocycles. The van der Waals surface area contributed by atoms with Crippen molar-refractivity contribution in [3.05, 3.63) is 119 Å². The molecule has 1 aromatic heterocycles. The first kappa shape index (κ1) is 22.6. The van der Waals surface area contributed by atoms with Crippen molar-refractivity contribution >= 4 is 28.3 Å². The van der Waals surface area contributed by atoms with Gasteiger partial charge in [0.05, 0.1) is 38.4 Å². The molecule has 35 heavy (non-hydrogen) atoms. The van der Waals surface area contributed by atoms with Crippen molar-refractivity contribution in [2.75, 3.05) is 4.90 Å². The number of anilines is 1. The van der Waals surface area contributed by atoms with Crippen LogP contribution in [0, 0.1) is 5.82 Å². The molecule has 0 aliphatic carbocycles. The van der Waals surface area contributed by atoms with Gasteiger partial charge in [-0.1, -0.05) is 36.4 Å². The minimum atomic E-state index is -1.66. The van der Waals surface area contributed by atoms with Gasteiger partial charge in [0, 0.05) is 30.1 Å². The average molecular weight is 486 g/mol. The quantitative estimate of drug-likeness (QED) is 0.452. The van der Waals surface area contributed by atoms with Gasteiger partial charge in [-0.25, -0.2) is 8.60 Å². The van der Waals surface area contributed by atoms with Crippen LogP contribution in [0.15, 0.2) is 101 Å². The Hall–Kier alpha value is -4.17. The normalized spacial score (nSPS) is 14.6. The van der Waals surface area contributed by atoms with Crippen LogP contribution in [0.25, 0.3) is 0 Å². The lowest BCUT2D eigenvalue weighted by atomic mass is 10.1. The molecule has 0 unspecified atom stereocenters. The van der Waals surface area contributed by atoms with Gasteiger partial charge in [-0.15, -0.1) is 0 Å². The molecule has 2 amide bonds. The average Bonchev–Trinajstić information content (AvgIpc) is 2.98. The monoisotopic (exact) mass is 485 g/mol. The van der Waals surface area contributed by atoms with Crippen molar-refractivity contribution in [2.45, 2.75) is 22.9 Å². The first-order valence-corrected chi connectivity index (χ1v) is 12.0. The Morgan fingerprint density at radius 2 is 1.77 bits per heavy atom. The van der Waals surface area contributed by atoms with Crippen molar-refractivity contribution in [3.63, 3.8) is 0 Å². The molecule has 0 spiro atoms. The van der Waals surface area contributed by atoms with Crippen molar-refractivity contribution < 1.29 is 18.2 Å². The third-order valence-electron chi connectivity index (χ3n) is 5.74. The van der Waals surface area contributed by atoms with Gasteiger partial charge in [-0.3, -0.25) is 14.6 Å². The van der Waals surface area contributed by atoms with Crippen LogP contribution in [0.3, 0.4) is 0 Å². The molecule has 0 bridgehead atoms. The highest BCUT2D eigenvalue weighted by Crippen LogP contribution is 2.36. The highest BCUT2D eigenvalue weighted by molar-refractivity contribution is 7.85. The lowest BCUT2D eigenvalue weighted by Crippen LogP contribution is -2.31. The number of carbonyl (C=O) groups excluding carboxylic acids is 2. The Balaban J connectivity index is 1.56. The van der Waals surface area contributed by atoms with Crippen LogP contribution in [0.4, 0.5) is 10.1 Å². The van der Waals surface area contributed by atoms with E-state index in [4.69, 9.17) is 0 Å². The fourth-order valence-electron chi connectivity index (χ4n) is 3.95. The molecule has 4 aromatic rings. The van der Waals surface area contributed by atoms with Crippen LogP contribution in [0.1, 0.15) is 31.8 Å². The van der Waals surface area contributed by atoms with Crippen LogP contribution in [-0.2, 0) is 23.9 Å². The maximum absolute atomic E-state index is 14.5. The summed E-state index contributed by atoms with van der Waals surface area (Å²) in [6.07, 6.45) is 3.31. The van der Waals surface area contributed by atoms with Gasteiger partial charge in [0.1, 0.15) is 5.82 Å². The minimum Gasteiger partial charge on any atom is -0.348 e. The molecule has 174 valence electrons. The SMILES string of the molecule is O=C(NCc1cccnc1)c1ccc2c(c1)N(Cc1ccccc1F)C(=O)c1ccccc1[S@]2=O. The molecule has 8 heteroatoms. The number of rotatable bonds is 5. The van der Waals surface area contributed by atoms with E-state index in [2.05, 4.69) is 10.3 Å². The molecule has 3 aromatic carbocycles. The minimum absolute atomic E-state index is 0.0786. The van der Waals surface area contributed by atoms with Crippen molar-refractivity contribution in [1.29, 1.82) is 0 Å². The molecule has 0 fully saturated rings. The molecule has 1 N–H and O–H groups in total. The van der Waals surface area contributed by atoms with E-state index in [1.54, 1.807) is 73.1 Å². The van der Waals surface area contributed by atoms with Gasteiger partial charge in [0.2, 0.25) is 0 Å². The number of nitrogens with one attached hydrogen (secondary N) is 1. The van der Waals surface area contributed by atoms with E-state index in [1.807, 2.05) is 6.07 Å². The zero-order chi connectivity index (χ0) is 24.4. The lowest BCUT2D eigenvalue weighted by molar-refractivity contribution is 0.0947. The second-order valence-electron chi connectivity index (χ2n) is 7.97. The largest absolute Gasteiger partial charge is 0.348 e. The van der Waals surface area contributed by atoms with Crippen LogP contribution in [0.5, 0.6) is 0 Å². The number of halogens is 1. The number of aromatic nitrogens is 1. The summed E-state index contributed by atoms with van der Waals surface area (Å²) in [5.74, 6) is -1.22. The molecule has 2 heterocycles. The first-order chi connectivity index (χ1) is 17.0. The van der Waals surface area contributed by atoms with E-state index >= 15 is 0 Å². The molecule has 6 nitrogen and oxygen atoms in total. The highest BCUT2D eigenvalue weighted by atomic mass is 32.2. The van der Waals surface area contributed by atoms with E-state index in [0.29, 0.717) is 26.6 Å². The number of hydrogen-bond acceptors (Lipinski definition) is 4. The number of carbonyl (C=O) groups is 2. The second kappa shape index (κ2) is 9.60. The summed E-state index contributed by atoms with van der Waals surface area (Å²) in [6.45, 7) is 0.198. The van der Waals surface area contributed by atoms with Gasteiger partial charge in [-0.2, -0.15) is 0 Å². The number of amides is 2. The van der Waals surface area contributed by atoms with Crippen LogP contribution in [0.2, 0.25) is 0 Å². The predicted octanol–water partition coefficient (Wildman–Crippen LogP) is 4.48. The number of nitrogens with zero attached hydrogens (tertiary/aromatic N) is 2. The third kappa shape index (κ3) is 4.48. The highest BCUT2D eigenvalue weighted by Gasteiger charge is 2.32. The Bertz CT molecular complexity index is 1460. The fourth-order valence-corrected chi connectivity index (χ4v) is 5.29. The Labute approximate surface area is 203 Å². The number of fused-ring (bicyclic) bond motifs is 2. The van der Waals surface area contributed by atoms with Gasteiger partial charge < -0.3 is 10.2 Å². The first-order valence-electron chi connectivity index (χ1n) is 10.9. The van der Waals surface area contributed by atoms with Gasteiger partial charge >= 0.3 is 0 Å². The fraction of sp³-hybridized carbons (Fsp3) is 0.0741. The number of hydrogen-bond donors (Lipinski definition) is 1. The van der Waals surface area contributed by atoms with Gasteiger partial charge in [-0.05, 0) is 48.0 Å². The summed E-state index contributed by atoms with van der Waals surface area (Å²) >= 11 is 0. The molecule has 1 atom stereocenters. The summed E-state index contributed by atoms with van der Waals surface area (Å²) in [5.41, 5.74) is 2.02. The topological polar surface area (TPSA) is 79.4 Å². The zero-order valence-corrected chi connectivity index (χ0v) is 19.3. The molecular weight excluding hydrogens is 465 g/mol. The Morgan fingerprint density at radius 3 is 2.57 bits per heavy atom. The molecular formula is C27H20FN3O3S. The van der Waals surface area contributed by atoms with E-state index in [-0.39, 0.29) is 24.6 Å². The maximum atomic E-state index is 14.5. The Kier molecular flexibility index (Phi) is 6.20. The van der Waals surface area contributed by atoms with Crippen LogP contribution in [-0.4, -0.2) is 21.0 Å². The maximum Gasteiger partial charge on any atom is 0.259 e. The van der Waals surface area contributed by atoms with Crippen LogP contribution >= 0.6 is 0 Å². The zero-order valence-electron chi connectivity index (χ0n) is 18.5. The summed E-state index contributed by atoms with van der Waals surface area (Å²) in [7, 11) is -1.66. The standard InChI is InChI=1S/C27H20FN3O3S/c28-22-9-3-1-7-20(22)17-31-23-14-19(26(32)30-16-18-6-5-13-29-15-18)11-12-25(23)35(34)24-10-4-2-8-21(24)27(31)33/h1-15H,16-17H2,(H,30,32)/t35-/m1/s1. The van der Waals surface area contributed by atoms with Crippen molar-refractivity contribution in [1.82, 2.24) is 10.3 Å².